The second-order valence-corrected chi connectivity index (χ2v) is 3.83. The predicted octanol–water partition coefficient (Wildman–Crippen LogP) is 0.117. The van der Waals surface area contributed by atoms with Gasteiger partial charge in [-0.25, -0.2) is 4.79 Å². The van der Waals surface area contributed by atoms with Gasteiger partial charge in [0.2, 0.25) is 6.29 Å². The van der Waals surface area contributed by atoms with Crippen LogP contribution in [0, 0.1) is 0 Å². The van der Waals surface area contributed by atoms with Crippen molar-refractivity contribution in [3.8, 4) is 0 Å². The standard InChI is InChI=1S/C8H6O5S/c9-6-8(10)13-14(11,12)7-4-2-1-3-5-7/h1-6H. The molecule has 0 amide bonds. The Morgan fingerprint density at radius 1 is 1.21 bits per heavy atom. The van der Waals surface area contributed by atoms with Gasteiger partial charge in [0, 0.05) is 0 Å². The maximum Gasteiger partial charge on any atom is 0.387 e. The fourth-order valence-corrected chi connectivity index (χ4v) is 1.61. The van der Waals surface area contributed by atoms with E-state index >= 15 is 0 Å². The molecule has 0 radical (unpaired) electrons. The zero-order valence-corrected chi connectivity index (χ0v) is 7.73. The van der Waals surface area contributed by atoms with Crippen LogP contribution < -0.4 is 0 Å². The van der Waals surface area contributed by atoms with Crippen molar-refractivity contribution in [2.75, 3.05) is 0 Å². The summed E-state index contributed by atoms with van der Waals surface area (Å²) in [7, 11) is -4.15. The molecule has 0 aliphatic rings. The van der Waals surface area contributed by atoms with Crippen molar-refractivity contribution >= 4 is 22.4 Å². The Bertz CT molecular complexity index is 434. The van der Waals surface area contributed by atoms with Gasteiger partial charge in [-0.1, -0.05) is 18.2 Å². The van der Waals surface area contributed by atoms with Gasteiger partial charge in [-0.15, -0.1) is 0 Å². The second kappa shape index (κ2) is 4.01. The van der Waals surface area contributed by atoms with Crippen molar-refractivity contribution in [2.45, 2.75) is 4.90 Å². The average Bonchev–Trinajstić information content (AvgIpc) is 2.18. The third-order valence-electron chi connectivity index (χ3n) is 1.32. The van der Waals surface area contributed by atoms with Crippen LogP contribution in [0.5, 0.6) is 0 Å². The summed E-state index contributed by atoms with van der Waals surface area (Å²) in [6, 6.07) is 7.07. The van der Waals surface area contributed by atoms with E-state index in [9.17, 15) is 18.0 Å². The molecule has 0 aliphatic carbocycles. The lowest BCUT2D eigenvalue weighted by Crippen LogP contribution is -2.13. The number of rotatable bonds is 3. The highest BCUT2D eigenvalue weighted by Crippen LogP contribution is 2.10. The molecule has 0 aliphatic heterocycles. The fraction of sp³-hybridized carbons (Fsp3) is 0. The molecule has 0 bridgehead atoms. The van der Waals surface area contributed by atoms with Gasteiger partial charge in [0.1, 0.15) is 4.90 Å². The van der Waals surface area contributed by atoms with Crippen molar-refractivity contribution in [2.24, 2.45) is 0 Å². The maximum absolute atomic E-state index is 11.2. The Morgan fingerprint density at radius 2 is 1.79 bits per heavy atom. The number of carbonyl (C=O) groups excluding carboxylic acids is 2. The molecular formula is C8H6O5S. The van der Waals surface area contributed by atoms with Crippen LogP contribution in [-0.2, 0) is 23.9 Å². The van der Waals surface area contributed by atoms with E-state index in [0.29, 0.717) is 0 Å². The van der Waals surface area contributed by atoms with Gasteiger partial charge in [0.15, 0.2) is 0 Å². The number of carbonyl (C=O) groups is 2. The van der Waals surface area contributed by atoms with E-state index in [-0.39, 0.29) is 11.2 Å². The summed E-state index contributed by atoms with van der Waals surface area (Å²) in [5, 5.41) is 0. The zero-order chi connectivity index (χ0) is 10.6. The molecule has 5 nitrogen and oxygen atoms in total. The van der Waals surface area contributed by atoms with Gasteiger partial charge in [-0.2, -0.15) is 8.42 Å². The Labute approximate surface area is 80.4 Å². The van der Waals surface area contributed by atoms with Gasteiger partial charge in [-0.05, 0) is 12.1 Å². The van der Waals surface area contributed by atoms with Crippen molar-refractivity contribution in [1.82, 2.24) is 0 Å². The van der Waals surface area contributed by atoms with E-state index in [0.717, 1.165) is 0 Å². The highest BCUT2D eigenvalue weighted by atomic mass is 32.2. The topological polar surface area (TPSA) is 77.5 Å². The van der Waals surface area contributed by atoms with E-state index in [1.165, 1.54) is 24.3 Å². The van der Waals surface area contributed by atoms with Crippen molar-refractivity contribution in [1.29, 1.82) is 0 Å². The molecular weight excluding hydrogens is 208 g/mol. The molecule has 1 aromatic carbocycles. The molecule has 0 saturated heterocycles. The lowest BCUT2D eigenvalue weighted by molar-refractivity contribution is -0.140. The smallest absolute Gasteiger partial charge is 0.335 e. The van der Waals surface area contributed by atoms with Crippen molar-refractivity contribution < 1.29 is 22.2 Å². The summed E-state index contributed by atoms with van der Waals surface area (Å²) in [6.45, 7) is 0. The molecule has 0 aromatic heterocycles. The molecule has 0 fully saturated rings. The Hall–Kier alpha value is -1.69. The third-order valence-corrected chi connectivity index (χ3v) is 2.55. The van der Waals surface area contributed by atoms with Crippen LogP contribution in [0.1, 0.15) is 0 Å². The molecule has 0 spiro atoms. The largest absolute Gasteiger partial charge is 0.387 e. The Morgan fingerprint density at radius 3 is 2.29 bits per heavy atom. The van der Waals surface area contributed by atoms with Crippen LogP contribution in [-0.4, -0.2) is 20.7 Å². The van der Waals surface area contributed by atoms with Crippen LogP contribution in [0.15, 0.2) is 35.2 Å². The first-order valence-electron chi connectivity index (χ1n) is 3.55. The summed E-state index contributed by atoms with van der Waals surface area (Å²) >= 11 is 0. The summed E-state index contributed by atoms with van der Waals surface area (Å²) in [5.41, 5.74) is 0. The van der Waals surface area contributed by atoms with E-state index < -0.39 is 16.1 Å². The normalized spacial score (nSPS) is 10.6. The molecule has 0 N–H and O–H groups in total. The molecule has 74 valence electrons. The molecule has 0 saturated carbocycles. The first-order chi connectivity index (χ1) is 6.56. The number of hydrogen-bond acceptors (Lipinski definition) is 5. The molecule has 14 heavy (non-hydrogen) atoms. The van der Waals surface area contributed by atoms with Gasteiger partial charge in [0.05, 0.1) is 0 Å². The van der Waals surface area contributed by atoms with Crippen LogP contribution >= 0.6 is 0 Å². The fourth-order valence-electron chi connectivity index (χ4n) is 0.763. The van der Waals surface area contributed by atoms with Gasteiger partial charge < -0.3 is 4.18 Å². The predicted molar refractivity (Wildman–Crippen MR) is 45.8 cm³/mol. The minimum absolute atomic E-state index is 0.171. The summed E-state index contributed by atoms with van der Waals surface area (Å²) in [6.07, 6.45) is -0.208. The summed E-state index contributed by atoms with van der Waals surface area (Å²) in [5.74, 6) is -1.44. The van der Waals surface area contributed by atoms with Crippen LogP contribution in [0.3, 0.4) is 0 Å². The molecule has 1 aromatic rings. The Kier molecular flexibility index (Phi) is 2.98. The highest BCUT2D eigenvalue weighted by molar-refractivity contribution is 7.87. The lowest BCUT2D eigenvalue weighted by atomic mass is 10.4. The molecule has 0 atom stereocenters. The van der Waals surface area contributed by atoms with E-state index in [1.807, 2.05) is 0 Å². The minimum Gasteiger partial charge on any atom is -0.335 e. The van der Waals surface area contributed by atoms with E-state index in [2.05, 4.69) is 4.18 Å². The summed E-state index contributed by atoms with van der Waals surface area (Å²) < 4.78 is 26.3. The first kappa shape index (κ1) is 10.4. The van der Waals surface area contributed by atoms with Crippen LogP contribution in [0.2, 0.25) is 0 Å². The Balaban J connectivity index is 2.98. The monoisotopic (exact) mass is 214 g/mol. The second-order valence-electron chi connectivity index (χ2n) is 2.29. The summed E-state index contributed by atoms with van der Waals surface area (Å²) in [4.78, 5) is 20.1. The van der Waals surface area contributed by atoms with Crippen LogP contribution in [0.25, 0.3) is 0 Å². The van der Waals surface area contributed by atoms with Gasteiger partial charge >= 0.3 is 16.1 Å². The maximum atomic E-state index is 11.2. The van der Waals surface area contributed by atoms with E-state index in [1.54, 1.807) is 6.07 Å². The zero-order valence-electron chi connectivity index (χ0n) is 6.91. The molecule has 0 heterocycles. The lowest BCUT2D eigenvalue weighted by Gasteiger charge is -2.01. The number of aldehydes is 1. The van der Waals surface area contributed by atoms with Gasteiger partial charge in [0.25, 0.3) is 0 Å². The number of hydrogen-bond donors (Lipinski definition) is 0. The highest BCUT2D eigenvalue weighted by Gasteiger charge is 2.18. The van der Waals surface area contributed by atoms with Crippen molar-refractivity contribution in [3.63, 3.8) is 0 Å². The quantitative estimate of drug-likeness (QED) is 0.405. The van der Waals surface area contributed by atoms with Crippen molar-refractivity contribution in [3.05, 3.63) is 30.3 Å². The molecule has 6 heteroatoms. The average molecular weight is 214 g/mol. The molecule has 0 unspecified atom stereocenters. The van der Waals surface area contributed by atoms with E-state index in [4.69, 9.17) is 0 Å². The van der Waals surface area contributed by atoms with Crippen LogP contribution in [0.4, 0.5) is 0 Å². The number of benzene rings is 1. The first-order valence-corrected chi connectivity index (χ1v) is 4.96. The SMILES string of the molecule is O=CC(=O)OS(=O)(=O)c1ccccc1. The van der Waals surface area contributed by atoms with Gasteiger partial charge in [-0.3, -0.25) is 4.79 Å². The molecule has 1 rings (SSSR count). The third kappa shape index (κ3) is 2.40. The minimum atomic E-state index is -4.15.